The number of rotatable bonds is 6. The highest BCUT2D eigenvalue weighted by Crippen LogP contribution is 2.18. The number of nitrogens with one attached hydrogen (secondary N) is 1. The Bertz CT molecular complexity index is 678. The van der Waals surface area contributed by atoms with E-state index in [-0.39, 0.29) is 6.10 Å². The van der Waals surface area contributed by atoms with Crippen molar-refractivity contribution in [1.29, 1.82) is 0 Å². The number of anilines is 1. The van der Waals surface area contributed by atoms with Gasteiger partial charge in [0.2, 0.25) is 5.88 Å². The fraction of sp³-hybridized carbons (Fsp3) is 0.368. The zero-order valence-corrected chi connectivity index (χ0v) is 14.8. The molecule has 0 amide bonds. The Morgan fingerprint density at radius 3 is 2.62 bits per heavy atom. The van der Waals surface area contributed by atoms with Gasteiger partial charge in [0.15, 0.2) is 5.96 Å². The highest BCUT2D eigenvalue weighted by Gasteiger charge is 2.02. The summed E-state index contributed by atoms with van der Waals surface area (Å²) in [6.07, 6.45) is 1.87. The number of nitrogens with zero attached hydrogens (tertiary/aromatic N) is 2. The molecule has 1 aromatic carbocycles. The number of aliphatic imine (C=N–C) groups is 1. The second-order valence-electron chi connectivity index (χ2n) is 6.28. The van der Waals surface area contributed by atoms with Crippen LogP contribution in [0.2, 0.25) is 0 Å². The molecule has 0 aliphatic rings. The van der Waals surface area contributed by atoms with Crippen molar-refractivity contribution in [3.8, 4) is 5.88 Å². The van der Waals surface area contributed by atoms with E-state index >= 15 is 0 Å². The molecule has 1 aromatic heterocycles. The molecule has 0 saturated heterocycles. The first-order valence-electron chi connectivity index (χ1n) is 8.22. The van der Waals surface area contributed by atoms with E-state index in [0.29, 0.717) is 24.3 Å². The predicted octanol–water partition coefficient (Wildman–Crippen LogP) is 3.92. The lowest BCUT2D eigenvalue weighted by Crippen LogP contribution is -2.22. The number of ether oxygens (including phenoxy) is 1. The SMILES string of the molecule is CC(C)Oc1ccc(CN=C(N)Nc2cccc(C(C)C)c2)cn1. The van der Waals surface area contributed by atoms with Gasteiger partial charge in [-0.1, -0.05) is 32.0 Å². The molecule has 2 rings (SSSR count). The first kappa shape index (κ1) is 17.8. The topological polar surface area (TPSA) is 72.5 Å². The van der Waals surface area contributed by atoms with E-state index in [1.54, 1.807) is 6.20 Å². The van der Waals surface area contributed by atoms with Gasteiger partial charge in [-0.2, -0.15) is 0 Å². The van der Waals surface area contributed by atoms with Crippen molar-refractivity contribution in [2.75, 3.05) is 5.32 Å². The lowest BCUT2D eigenvalue weighted by Gasteiger charge is -2.10. The molecule has 0 radical (unpaired) electrons. The Morgan fingerprint density at radius 2 is 2.00 bits per heavy atom. The molecule has 0 aliphatic heterocycles. The summed E-state index contributed by atoms with van der Waals surface area (Å²) in [6.45, 7) is 8.74. The van der Waals surface area contributed by atoms with Crippen LogP contribution in [-0.4, -0.2) is 17.0 Å². The molecule has 0 bridgehead atoms. The van der Waals surface area contributed by atoms with Crippen LogP contribution < -0.4 is 15.8 Å². The molecule has 0 aliphatic carbocycles. The van der Waals surface area contributed by atoms with Crippen LogP contribution >= 0.6 is 0 Å². The standard InChI is InChI=1S/C19H26N4O/c1-13(2)16-6-5-7-17(10-16)23-19(20)22-12-15-8-9-18(21-11-15)24-14(3)4/h5-11,13-14H,12H2,1-4H3,(H3,20,22,23). The van der Waals surface area contributed by atoms with Crippen molar-refractivity contribution in [2.24, 2.45) is 10.7 Å². The molecule has 24 heavy (non-hydrogen) atoms. The maximum absolute atomic E-state index is 5.97. The Hall–Kier alpha value is -2.56. The molecule has 5 heteroatoms. The van der Waals surface area contributed by atoms with Crippen LogP contribution in [0.3, 0.4) is 0 Å². The van der Waals surface area contributed by atoms with Crippen LogP contribution in [0.15, 0.2) is 47.6 Å². The monoisotopic (exact) mass is 326 g/mol. The smallest absolute Gasteiger partial charge is 0.213 e. The minimum atomic E-state index is 0.114. The molecule has 128 valence electrons. The third kappa shape index (κ3) is 5.57. The van der Waals surface area contributed by atoms with Crippen LogP contribution in [-0.2, 0) is 6.54 Å². The lowest BCUT2D eigenvalue weighted by atomic mass is 10.0. The summed E-state index contributed by atoms with van der Waals surface area (Å²) in [5, 5.41) is 3.13. The maximum Gasteiger partial charge on any atom is 0.213 e. The molecule has 3 N–H and O–H groups in total. The van der Waals surface area contributed by atoms with Gasteiger partial charge in [-0.05, 0) is 43.0 Å². The molecule has 2 aromatic rings. The highest BCUT2D eigenvalue weighted by molar-refractivity contribution is 5.92. The molecular formula is C19H26N4O. The number of pyridine rings is 1. The summed E-state index contributed by atoms with van der Waals surface area (Å²) in [5.41, 5.74) is 9.16. The van der Waals surface area contributed by atoms with Gasteiger partial charge < -0.3 is 15.8 Å². The van der Waals surface area contributed by atoms with E-state index in [9.17, 15) is 0 Å². The third-order valence-corrected chi connectivity index (χ3v) is 3.41. The molecule has 0 atom stereocenters. The van der Waals surface area contributed by atoms with Crippen molar-refractivity contribution < 1.29 is 4.74 Å². The molecular weight excluding hydrogens is 300 g/mol. The number of hydrogen-bond acceptors (Lipinski definition) is 3. The van der Waals surface area contributed by atoms with E-state index in [1.807, 2.05) is 38.1 Å². The van der Waals surface area contributed by atoms with Crippen molar-refractivity contribution in [2.45, 2.75) is 46.3 Å². The minimum absolute atomic E-state index is 0.114. The summed E-state index contributed by atoms with van der Waals surface area (Å²) in [4.78, 5) is 8.62. The Kier molecular flexibility index (Phi) is 6.18. The quantitative estimate of drug-likeness (QED) is 0.623. The number of hydrogen-bond donors (Lipinski definition) is 2. The van der Waals surface area contributed by atoms with Gasteiger partial charge in [-0.3, -0.25) is 0 Å². The number of nitrogens with two attached hydrogens (primary N) is 1. The van der Waals surface area contributed by atoms with E-state index in [0.717, 1.165) is 11.3 Å². The van der Waals surface area contributed by atoms with Crippen LogP contribution in [0.1, 0.15) is 44.7 Å². The fourth-order valence-corrected chi connectivity index (χ4v) is 2.16. The van der Waals surface area contributed by atoms with Gasteiger partial charge in [-0.15, -0.1) is 0 Å². The van der Waals surface area contributed by atoms with Crippen LogP contribution in [0, 0.1) is 0 Å². The molecule has 0 unspecified atom stereocenters. The highest BCUT2D eigenvalue weighted by atomic mass is 16.5. The van der Waals surface area contributed by atoms with Gasteiger partial charge in [0, 0.05) is 18.0 Å². The van der Waals surface area contributed by atoms with Crippen LogP contribution in [0.5, 0.6) is 5.88 Å². The Balaban J connectivity index is 1.95. The number of benzene rings is 1. The van der Waals surface area contributed by atoms with Gasteiger partial charge in [0.1, 0.15) is 0 Å². The summed E-state index contributed by atoms with van der Waals surface area (Å²) in [7, 11) is 0. The second kappa shape index (κ2) is 8.34. The fourth-order valence-electron chi connectivity index (χ4n) is 2.16. The van der Waals surface area contributed by atoms with Crippen molar-refractivity contribution in [3.05, 3.63) is 53.7 Å². The van der Waals surface area contributed by atoms with E-state index in [4.69, 9.17) is 10.5 Å². The molecule has 1 heterocycles. The van der Waals surface area contributed by atoms with Gasteiger partial charge in [0.05, 0.1) is 12.6 Å². The number of aromatic nitrogens is 1. The van der Waals surface area contributed by atoms with E-state index in [1.165, 1.54) is 5.56 Å². The maximum atomic E-state index is 5.97. The zero-order valence-electron chi connectivity index (χ0n) is 14.8. The average Bonchev–Trinajstić information content (AvgIpc) is 2.54. The Labute approximate surface area is 144 Å². The first-order chi connectivity index (χ1) is 11.4. The molecule has 0 fully saturated rings. The van der Waals surface area contributed by atoms with Crippen LogP contribution in [0.4, 0.5) is 5.69 Å². The van der Waals surface area contributed by atoms with Gasteiger partial charge in [0.25, 0.3) is 0 Å². The van der Waals surface area contributed by atoms with Crippen molar-refractivity contribution in [3.63, 3.8) is 0 Å². The predicted molar refractivity (Wildman–Crippen MR) is 99.5 cm³/mol. The Morgan fingerprint density at radius 1 is 1.21 bits per heavy atom. The first-order valence-corrected chi connectivity index (χ1v) is 8.22. The molecule has 0 saturated carbocycles. The molecule has 5 nitrogen and oxygen atoms in total. The normalized spacial score (nSPS) is 11.8. The summed E-state index contributed by atoms with van der Waals surface area (Å²) < 4.78 is 5.52. The lowest BCUT2D eigenvalue weighted by molar-refractivity contribution is 0.232. The van der Waals surface area contributed by atoms with Crippen molar-refractivity contribution in [1.82, 2.24) is 4.98 Å². The van der Waals surface area contributed by atoms with E-state index in [2.05, 4.69) is 41.3 Å². The van der Waals surface area contributed by atoms with Crippen molar-refractivity contribution >= 4 is 11.6 Å². The minimum Gasteiger partial charge on any atom is -0.475 e. The van der Waals surface area contributed by atoms with Gasteiger partial charge in [-0.25, -0.2) is 9.98 Å². The van der Waals surface area contributed by atoms with Crippen LogP contribution in [0.25, 0.3) is 0 Å². The third-order valence-electron chi connectivity index (χ3n) is 3.41. The largest absolute Gasteiger partial charge is 0.475 e. The van der Waals surface area contributed by atoms with Gasteiger partial charge >= 0.3 is 0 Å². The molecule has 0 spiro atoms. The number of guanidine groups is 1. The second-order valence-corrected chi connectivity index (χ2v) is 6.28. The average molecular weight is 326 g/mol. The zero-order chi connectivity index (χ0) is 17.5. The van der Waals surface area contributed by atoms with E-state index < -0.39 is 0 Å². The summed E-state index contributed by atoms with van der Waals surface area (Å²) in [6, 6.07) is 12.0. The summed E-state index contributed by atoms with van der Waals surface area (Å²) in [5.74, 6) is 1.48. The summed E-state index contributed by atoms with van der Waals surface area (Å²) >= 11 is 0.